The van der Waals surface area contributed by atoms with E-state index < -0.39 is 0 Å². The van der Waals surface area contributed by atoms with Gasteiger partial charge in [0.1, 0.15) is 5.75 Å². The molecule has 80 valence electrons. The van der Waals surface area contributed by atoms with Gasteiger partial charge < -0.3 is 9.57 Å². The van der Waals surface area contributed by atoms with Crippen LogP contribution in [0.4, 0.5) is 0 Å². The summed E-state index contributed by atoms with van der Waals surface area (Å²) in [5, 5.41) is 2.16. The van der Waals surface area contributed by atoms with Gasteiger partial charge in [0, 0.05) is 0 Å². The molecule has 15 heavy (non-hydrogen) atoms. The first-order valence-corrected chi connectivity index (χ1v) is 4.96. The molecule has 0 saturated heterocycles. The van der Waals surface area contributed by atoms with Crippen molar-refractivity contribution >= 4 is 12.6 Å². The van der Waals surface area contributed by atoms with Crippen molar-refractivity contribution in [3.63, 3.8) is 0 Å². The number of thiol groups is 1. The largest absolute Gasteiger partial charge is 0.497 e. The van der Waals surface area contributed by atoms with Crippen LogP contribution in [0.15, 0.2) is 35.6 Å². The van der Waals surface area contributed by atoms with Crippen molar-refractivity contribution in [1.29, 1.82) is 0 Å². The summed E-state index contributed by atoms with van der Waals surface area (Å²) in [6.07, 6.45) is 1.69. The molecule has 1 heterocycles. The van der Waals surface area contributed by atoms with Crippen molar-refractivity contribution in [2.24, 2.45) is 0 Å². The summed E-state index contributed by atoms with van der Waals surface area (Å²) in [6, 6.07) is 7.81. The number of hydrazine groups is 1. The van der Waals surface area contributed by atoms with Gasteiger partial charge in [-0.2, -0.15) is 0 Å². The second-order valence-corrected chi connectivity index (χ2v) is 3.53. The number of hydrogen-bond acceptors (Lipinski definition) is 5. The van der Waals surface area contributed by atoms with Crippen LogP contribution in [-0.2, 0) is 11.4 Å². The Balaban J connectivity index is 1.94. The minimum Gasteiger partial charge on any atom is -0.497 e. The molecule has 1 aliphatic heterocycles. The van der Waals surface area contributed by atoms with Crippen molar-refractivity contribution in [1.82, 2.24) is 10.6 Å². The molecule has 2 rings (SSSR count). The zero-order chi connectivity index (χ0) is 10.7. The number of benzene rings is 1. The summed E-state index contributed by atoms with van der Waals surface area (Å²) < 4.78 is 5.07. The maximum absolute atomic E-state index is 5.24. The lowest BCUT2D eigenvalue weighted by molar-refractivity contribution is -0.125. The molecule has 0 atom stereocenters. The smallest absolute Gasteiger partial charge is 0.197 e. The molecule has 1 aromatic carbocycles. The Morgan fingerprint density at radius 2 is 2.13 bits per heavy atom. The van der Waals surface area contributed by atoms with E-state index in [1.165, 1.54) is 0 Å². The molecule has 5 heteroatoms. The van der Waals surface area contributed by atoms with Crippen LogP contribution in [0.3, 0.4) is 0 Å². The quantitative estimate of drug-likeness (QED) is 0.765. The molecule has 0 aliphatic carbocycles. The Kier molecular flexibility index (Phi) is 3.03. The average Bonchev–Trinajstić information content (AvgIpc) is 2.65. The third kappa shape index (κ3) is 2.57. The highest BCUT2D eigenvalue weighted by Crippen LogP contribution is 2.16. The monoisotopic (exact) mass is 224 g/mol. The molecule has 0 aromatic heterocycles. The van der Waals surface area contributed by atoms with Gasteiger partial charge in [0.15, 0.2) is 5.09 Å². The summed E-state index contributed by atoms with van der Waals surface area (Å²) in [7, 11) is 1.65. The summed E-state index contributed by atoms with van der Waals surface area (Å²) >= 11 is 4.06. The van der Waals surface area contributed by atoms with E-state index in [4.69, 9.17) is 9.57 Å². The Morgan fingerprint density at radius 3 is 2.67 bits per heavy atom. The average molecular weight is 224 g/mol. The maximum atomic E-state index is 5.24. The van der Waals surface area contributed by atoms with Gasteiger partial charge in [0.25, 0.3) is 0 Å². The summed E-state index contributed by atoms with van der Waals surface area (Å²) in [5.74, 6) is 0.849. The normalized spacial score (nSPS) is 15.5. The molecule has 0 fully saturated rings. The standard InChI is InChI=1S/C10H12N2O2S/c1-13-9-4-2-8(3-5-9)7-12-11-6-10(15)14-12/h2-6,11,15H,7H2,1H3. The van der Waals surface area contributed by atoms with Crippen LogP contribution >= 0.6 is 12.6 Å². The zero-order valence-electron chi connectivity index (χ0n) is 8.30. The highest BCUT2D eigenvalue weighted by molar-refractivity contribution is 7.84. The van der Waals surface area contributed by atoms with Crippen molar-refractivity contribution in [3.8, 4) is 5.75 Å². The van der Waals surface area contributed by atoms with E-state index in [0.29, 0.717) is 11.6 Å². The topological polar surface area (TPSA) is 33.7 Å². The first-order valence-electron chi connectivity index (χ1n) is 4.51. The van der Waals surface area contributed by atoms with Crippen LogP contribution in [0.5, 0.6) is 5.75 Å². The lowest BCUT2D eigenvalue weighted by Crippen LogP contribution is -2.27. The lowest BCUT2D eigenvalue weighted by Gasteiger charge is -2.14. The van der Waals surface area contributed by atoms with Gasteiger partial charge in [-0.1, -0.05) is 12.1 Å². The summed E-state index contributed by atoms with van der Waals surface area (Å²) in [5.41, 5.74) is 4.05. The van der Waals surface area contributed by atoms with Gasteiger partial charge in [-0.05, 0) is 22.9 Å². The Labute approximate surface area is 93.8 Å². The molecule has 1 aromatic rings. The minimum absolute atomic E-state index is 0.559. The molecule has 0 unspecified atom stereocenters. The number of ether oxygens (including phenoxy) is 1. The molecule has 0 radical (unpaired) electrons. The fraction of sp³-hybridized carbons (Fsp3) is 0.200. The fourth-order valence-corrected chi connectivity index (χ4v) is 1.42. The fourth-order valence-electron chi connectivity index (χ4n) is 1.27. The van der Waals surface area contributed by atoms with E-state index in [0.717, 1.165) is 11.3 Å². The molecule has 0 amide bonds. The molecule has 0 bridgehead atoms. The van der Waals surface area contributed by atoms with Crippen molar-refractivity contribution in [2.75, 3.05) is 7.11 Å². The Hall–Kier alpha value is -1.33. The van der Waals surface area contributed by atoms with Crippen LogP contribution in [-0.4, -0.2) is 12.3 Å². The molecule has 0 saturated carbocycles. The molecule has 1 N–H and O–H groups in total. The summed E-state index contributed by atoms with van der Waals surface area (Å²) in [6.45, 7) is 0.643. The van der Waals surface area contributed by atoms with Crippen LogP contribution in [0.1, 0.15) is 5.56 Å². The zero-order valence-corrected chi connectivity index (χ0v) is 9.20. The van der Waals surface area contributed by atoms with E-state index >= 15 is 0 Å². The molecular formula is C10H12N2O2S. The second kappa shape index (κ2) is 4.46. The third-order valence-electron chi connectivity index (χ3n) is 2.02. The lowest BCUT2D eigenvalue weighted by atomic mass is 10.2. The van der Waals surface area contributed by atoms with E-state index in [9.17, 15) is 0 Å². The van der Waals surface area contributed by atoms with E-state index in [1.807, 2.05) is 24.3 Å². The second-order valence-electron chi connectivity index (χ2n) is 3.09. The van der Waals surface area contributed by atoms with Gasteiger partial charge in [-0.15, -0.1) is 12.6 Å². The molecule has 4 nitrogen and oxygen atoms in total. The molecular weight excluding hydrogens is 212 g/mol. The number of hydroxylamine groups is 1. The van der Waals surface area contributed by atoms with Gasteiger partial charge in [-0.3, -0.25) is 5.43 Å². The number of rotatable bonds is 3. The number of nitrogens with zero attached hydrogens (tertiary/aromatic N) is 1. The van der Waals surface area contributed by atoms with Gasteiger partial charge in [-0.25, -0.2) is 0 Å². The van der Waals surface area contributed by atoms with E-state index in [-0.39, 0.29) is 0 Å². The van der Waals surface area contributed by atoms with Crippen LogP contribution < -0.4 is 10.2 Å². The number of nitrogens with one attached hydrogen (secondary N) is 1. The third-order valence-corrected chi connectivity index (χ3v) is 2.23. The summed E-state index contributed by atoms with van der Waals surface area (Å²) in [4.78, 5) is 5.24. The first-order chi connectivity index (χ1) is 7.28. The molecule has 0 spiro atoms. The Bertz CT molecular complexity index is 364. The highest BCUT2D eigenvalue weighted by atomic mass is 32.1. The molecule has 1 aliphatic rings. The maximum Gasteiger partial charge on any atom is 0.197 e. The number of methoxy groups -OCH3 is 1. The van der Waals surface area contributed by atoms with Crippen molar-refractivity contribution in [2.45, 2.75) is 6.54 Å². The van der Waals surface area contributed by atoms with Crippen LogP contribution in [0, 0.1) is 0 Å². The predicted molar refractivity (Wildman–Crippen MR) is 59.8 cm³/mol. The highest BCUT2D eigenvalue weighted by Gasteiger charge is 2.12. The van der Waals surface area contributed by atoms with Crippen molar-refractivity contribution in [3.05, 3.63) is 41.1 Å². The first kappa shape index (κ1) is 10.2. The Morgan fingerprint density at radius 1 is 1.40 bits per heavy atom. The van der Waals surface area contributed by atoms with Crippen molar-refractivity contribution < 1.29 is 9.57 Å². The number of hydrogen-bond donors (Lipinski definition) is 2. The van der Waals surface area contributed by atoms with E-state index in [1.54, 1.807) is 18.5 Å². The predicted octanol–water partition coefficient (Wildman–Crippen LogP) is 1.68. The minimum atomic E-state index is 0.559. The van der Waals surface area contributed by atoms with Crippen LogP contribution in [0.2, 0.25) is 0 Å². The van der Waals surface area contributed by atoms with Crippen LogP contribution in [0.25, 0.3) is 0 Å². The van der Waals surface area contributed by atoms with Gasteiger partial charge >= 0.3 is 0 Å². The SMILES string of the molecule is COc1ccc(CN2NC=C(S)O2)cc1. The van der Waals surface area contributed by atoms with Gasteiger partial charge in [0.05, 0.1) is 19.9 Å². The van der Waals surface area contributed by atoms with Gasteiger partial charge in [0.2, 0.25) is 0 Å². The van der Waals surface area contributed by atoms with E-state index in [2.05, 4.69) is 18.1 Å².